The zero-order valence-corrected chi connectivity index (χ0v) is 15.3. The van der Waals surface area contributed by atoms with E-state index in [1.54, 1.807) is 11.3 Å². The van der Waals surface area contributed by atoms with Gasteiger partial charge in [0.1, 0.15) is 5.82 Å². The van der Waals surface area contributed by atoms with Crippen LogP contribution in [-0.2, 0) is 11.2 Å². The number of hydrogen-bond donors (Lipinski definition) is 2. The number of hydrogen-bond acceptors (Lipinski definition) is 4. The third kappa shape index (κ3) is 3.60. The number of nitrogens with zero attached hydrogens (tertiary/aromatic N) is 2. The summed E-state index contributed by atoms with van der Waals surface area (Å²) in [4.78, 5) is 24.7. The minimum Gasteiger partial charge on any atom is -0.346 e. The molecule has 0 fully saturated rings. The summed E-state index contributed by atoms with van der Waals surface area (Å²) >= 11 is 1.70. The predicted octanol–water partition coefficient (Wildman–Crippen LogP) is 4.37. The Balaban J connectivity index is 1.30. The van der Waals surface area contributed by atoms with E-state index in [-0.39, 0.29) is 11.9 Å². The number of aryl methyl sites for hydroxylation is 1. The van der Waals surface area contributed by atoms with Crippen molar-refractivity contribution >= 4 is 38.5 Å². The van der Waals surface area contributed by atoms with E-state index in [9.17, 15) is 4.79 Å². The average Bonchev–Trinajstić information content (AvgIpc) is 3.25. The van der Waals surface area contributed by atoms with E-state index in [0.29, 0.717) is 6.42 Å². The molecule has 0 aliphatic heterocycles. The Labute approximate surface area is 155 Å². The van der Waals surface area contributed by atoms with E-state index in [2.05, 4.69) is 26.3 Å². The smallest absolute Gasteiger partial charge is 0.220 e. The van der Waals surface area contributed by atoms with Crippen LogP contribution in [0.3, 0.4) is 0 Å². The number of carbonyl (C=O) groups is 1. The van der Waals surface area contributed by atoms with E-state index < -0.39 is 0 Å². The Bertz CT molecular complexity index is 986. The number of aromatic nitrogens is 3. The molecular weight excluding hydrogens is 344 g/mol. The fraction of sp³-hybridized carbons (Fsp3) is 0.250. The number of aromatic amines is 1. The molecule has 0 aliphatic rings. The van der Waals surface area contributed by atoms with Crippen molar-refractivity contribution in [2.45, 2.75) is 32.2 Å². The van der Waals surface area contributed by atoms with Crippen LogP contribution >= 0.6 is 11.3 Å². The SMILES string of the molecule is CC(NC(=O)CCCc1nc2ccccc2s1)c1nc2ccccc2[nH]1. The summed E-state index contributed by atoms with van der Waals surface area (Å²) in [5.41, 5.74) is 2.94. The fourth-order valence-corrected chi connectivity index (χ4v) is 4.00. The van der Waals surface area contributed by atoms with Crippen LogP contribution in [0.25, 0.3) is 21.3 Å². The Hall–Kier alpha value is -2.73. The standard InChI is InChI=1S/C20H20N4OS/c1-13(20-23-14-7-2-3-8-15(14)24-20)21-18(25)11-6-12-19-22-16-9-4-5-10-17(16)26-19/h2-5,7-10,13H,6,11-12H2,1H3,(H,21,25)(H,23,24). The van der Waals surface area contributed by atoms with Gasteiger partial charge in [-0.25, -0.2) is 9.97 Å². The molecular formula is C20H20N4OS. The lowest BCUT2D eigenvalue weighted by atomic mass is 10.2. The zero-order chi connectivity index (χ0) is 17.9. The van der Waals surface area contributed by atoms with Gasteiger partial charge in [-0.2, -0.15) is 0 Å². The fourth-order valence-electron chi connectivity index (χ4n) is 2.99. The molecule has 5 nitrogen and oxygen atoms in total. The summed E-state index contributed by atoms with van der Waals surface area (Å²) < 4.78 is 1.20. The average molecular weight is 364 g/mol. The van der Waals surface area contributed by atoms with Crippen molar-refractivity contribution in [1.29, 1.82) is 0 Å². The molecule has 26 heavy (non-hydrogen) atoms. The number of amides is 1. The number of fused-ring (bicyclic) bond motifs is 2. The van der Waals surface area contributed by atoms with Gasteiger partial charge in [-0.05, 0) is 44.0 Å². The highest BCUT2D eigenvalue weighted by atomic mass is 32.1. The van der Waals surface area contributed by atoms with Gasteiger partial charge in [0.15, 0.2) is 0 Å². The first-order chi connectivity index (χ1) is 12.7. The van der Waals surface area contributed by atoms with Crippen LogP contribution in [-0.4, -0.2) is 20.9 Å². The van der Waals surface area contributed by atoms with Crippen molar-refractivity contribution in [3.05, 3.63) is 59.4 Å². The largest absolute Gasteiger partial charge is 0.346 e. The maximum Gasteiger partial charge on any atom is 0.220 e. The second-order valence-electron chi connectivity index (χ2n) is 6.36. The Morgan fingerprint density at radius 3 is 2.69 bits per heavy atom. The van der Waals surface area contributed by atoms with E-state index in [1.165, 1.54) is 4.70 Å². The van der Waals surface area contributed by atoms with Crippen molar-refractivity contribution in [2.24, 2.45) is 0 Å². The number of thiazole rings is 1. The van der Waals surface area contributed by atoms with Crippen molar-refractivity contribution in [2.75, 3.05) is 0 Å². The van der Waals surface area contributed by atoms with Gasteiger partial charge in [-0.3, -0.25) is 4.79 Å². The van der Waals surface area contributed by atoms with Gasteiger partial charge in [-0.1, -0.05) is 24.3 Å². The molecule has 0 saturated carbocycles. The molecule has 4 rings (SSSR count). The quantitative estimate of drug-likeness (QED) is 0.534. The monoisotopic (exact) mass is 364 g/mol. The lowest BCUT2D eigenvalue weighted by molar-refractivity contribution is -0.121. The Kier molecular flexibility index (Phi) is 4.67. The van der Waals surface area contributed by atoms with E-state index in [4.69, 9.17) is 0 Å². The highest BCUT2D eigenvalue weighted by molar-refractivity contribution is 7.18. The second-order valence-corrected chi connectivity index (χ2v) is 7.47. The first-order valence-corrected chi connectivity index (χ1v) is 9.59. The molecule has 1 unspecified atom stereocenters. The van der Waals surface area contributed by atoms with Gasteiger partial charge in [0.2, 0.25) is 5.91 Å². The second kappa shape index (κ2) is 7.25. The molecule has 0 bridgehead atoms. The van der Waals surface area contributed by atoms with Gasteiger partial charge in [0, 0.05) is 6.42 Å². The summed E-state index contributed by atoms with van der Waals surface area (Å²) in [6, 6.07) is 15.9. The third-order valence-corrected chi connectivity index (χ3v) is 5.42. The van der Waals surface area contributed by atoms with Crippen LogP contribution in [0.5, 0.6) is 0 Å². The molecule has 6 heteroatoms. The number of para-hydroxylation sites is 3. The third-order valence-electron chi connectivity index (χ3n) is 4.33. The molecule has 2 N–H and O–H groups in total. The molecule has 0 radical (unpaired) electrons. The van der Waals surface area contributed by atoms with Gasteiger partial charge in [-0.15, -0.1) is 11.3 Å². The lowest BCUT2D eigenvalue weighted by Crippen LogP contribution is -2.27. The number of rotatable bonds is 6. The molecule has 2 aromatic heterocycles. The molecule has 1 amide bonds. The zero-order valence-electron chi connectivity index (χ0n) is 14.5. The van der Waals surface area contributed by atoms with Crippen LogP contribution in [0, 0.1) is 0 Å². The van der Waals surface area contributed by atoms with Crippen LogP contribution in [0.1, 0.15) is 36.6 Å². The Morgan fingerprint density at radius 1 is 1.12 bits per heavy atom. The summed E-state index contributed by atoms with van der Waals surface area (Å²) in [6.45, 7) is 1.95. The van der Waals surface area contributed by atoms with Crippen LogP contribution in [0.15, 0.2) is 48.5 Å². The van der Waals surface area contributed by atoms with Crippen molar-refractivity contribution in [1.82, 2.24) is 20.3 Å². The number of nitrogens with one attached hydrogen (secondary N) is 2. The van der Waals surface area contributed by atoms with Gasteiger partial charge < -0.3 is 10.3 Å². The van der Waals surface area contributed by atoms with Crippen LogP contribution in [0.4, 0.5) is 0 Å². The summed E-state index contributed by atoms with van der Waals surface area (Å²) in [7, 11) is 0. The molecule has 0 saturated heterocycles. The van der Waals surface area contributed by atoms with Gasteiger partial charge in [0.05, 0.1) is 32.3 Å². The van der Waals surface area contributed by atoms with Crippen molar-refractivity contribution in [3.8, 4) is 0 Å². The number of benzene rings is 2. The van der Waals surface area contributed by atoms with E-state index in [1.807, 2.05) is 49.4 Å². The normalized spacial score (nSPS) is 12.5. The predicted molar refractivity (Wildman–Crippen MR) is 105 cm³/mol. The molecule has 1 atom stereocenters. The summed E-state index contributed by atoms with van der Waals surface area (Å²) in [6.07, 6.45) is 2.10. The molecule has 2 aromatic carbocycles. The van der Waals surface area contributed by atoms with Crippen molar-refractivity contribution in [3.63, 3.8) is 0 Å². The highest BCUT2D eigenvalue weighted by Crippen LogP contribution is 2.23. The first-order valence-electron chi connectivity index (χ1n) is 8.77. The van der Waals surface area contributed by atoms with Crippen LogP contribution in [0.2, 0.25) is 0 Å². The van der Waals surface area contributed by atoms with E-state index in [0.717, 1.165) is 40.2 Å². The minimum absolute atomic E-state index is 0.0408. The molecule has 0 spiro atoms. The van der Waals surface area contributed by atoms with Gasteiger partial charge in [0.25, 0.3) is 0 Å². The topological polar surface area (TPSA) is 70.7 Å². The number of H-pyrrole nitrogens is 1. The number of imidazole rings is 1. The summed E-state index contributed by atoms with van der Waals surface area (Å²) in [5.74, 6) is 0.824. The molecule has 132 valence electrons. The maximum atomic E-state index is 12.2. The first kappa shape index (κ1) is 16.7. The minimum atomic E-state index is -0.141. The van der Waals surface area contributed by atoms with Crippen LogP contribution < -0.4 is 5.32 Å². The highest BCUT2D eigenvalue weighted by Gasteiger charge is 2.13. The summed E-state index contributed by atoms with van der Waals surface area (Å²) in [5, 5.41) is 4.11. The maximum absolute atomic E-state index is 12.2. The van der Waals surface area contributed by atoms with Crippen molar-refractivity contribution < 1.29 is 4.79 Å². The molecule has 2 heterocycles. The number of carbonyl (C=O) groups excluding carboxylic acids is 1. The molecule has 4 aromatic rings. The van der Waals surface area contributed by atoms with E-state index >= 15 is 0 Å². The lowest BCUT2D eigenvalue weighted by Gasteiger charge is -2.11. The molecule has 0 aliphatic carbocycles. The van der Waals surface area contributed by atoms with Gasteiger partial charge >= 0.3 is 0 Å². The Morgan fingerprint density at radius 2 is 1.88 bits per heavy atom.